The van der Waals surface area contributed by atoms with Gasteiger partial charge in [0.25, 0.3) is 0 Å². The van der Waals surface area contributed by atoms with Crippen molar-refractivity contribution in [2.24, 2.45) is 5.92 Å². The maximum Gasteiger partial charge on any atom is 0.159 e. The Labute approximate surface area is 298 Å². The van der Waals surface area contributed by atoms with E-state index >= 15 is 0 Å². The maximum atomic E-state index is 2.61. The molecule has 3 aromatic heterocycles. The van der Waals surface area contributed by atoms with E-state index in [1.54, 1.807) is 0 Å². The molecule has 3 atom stereocenters. The van der Waals surface area contributed by atoms with Gasteiger partial charge in [-0.3, -0.25) is 0 Å². The van der Waals surface area contributed by atoms with Crippen LogP contribution in [0.15, 0.2) is 151 Å². The Balaban J connectivity index is 1.20. The van der Waals surface area contributed by atoms with E-state index in [2.05, 4.69) is 174 Å². The van der Waals surface area contributed by atoms with Crippen molar-refractivity contribution in [3.8, 4) is 11.1 Å². The number of para-hydroxylation sites is 2. The SMILES string of the molecule is CC1C=CC=CC1n1c2ccccc2c2cc3c(cc21)c1ccccc1n3C1Sc2c(-c3ccccc3)cc3sc4ccccc4c3c2N1C. The summed E-state index contributed by atoms with van der Waals surface area (Å²) in [5.74, 6) is 0.405. The highest BCUT2D eigenvalue weighted by molar-refractivity contribution is 8.00. The molecule has 0 bridgehead atoms. The van der Waals surface area contributed by atoms with E-state index in [0.717, 1.165) is 0 Å². The average molecular weight is 680 g/mol. The molecular weight excluding hydrogens is 647 g/mol. The minimum Gasteiger partial charge on any atom is -0.344 e. The second-order valence-corrected chi connectivity index (χ2v) is 15.9. The first kappa shape index (κ1) is 28.6. The predicted molar refractivity (Wildman–Crippen MR) is 217 cm³/mol. The third-order valence-corrected chi connectivity index (χ3v) is 13.5. The smallest absolute Gasteiger partial charge is 0.159 e. The van der Waals surface area contributed by atoms with Crippen LogP contribution in [0.4, 0.5) is 5.69 Å². The fraction of sp³-hybridized carbons (Fsp3) is 0.111. The van der Waals surface area contributed by atoms with Gasteiger partial charge in [0.15, 0.2) is 5.50 Å². The predicted octanol–water partition coefficient (Wildman–Crippen LogP) is 12.9. The van der Waals surface area contributed by atoms with E-state index < -0.39 is 0 Å². The number of fused-ring (bicyclic) bond motifs is 11. The Morgan fingerprint density at radius 1 is 0.560 bits per heavy atom. The number of aromatic nitrogens is 2. The zero-order valence-corrected chi connectivity index (χ0v) is 29.4. The van der Waals surface area contributed by atoms with Crippen molar-refractivity contribution < 1.29 is 0 Å². The van der Waals surface area contributed by atoms with Crippen molar-refractivity contribution in [3.63, 3.8) is 0 Å². The van der Waals surface area contributed by atoms with E-state index in [4.69, 9.17) is 0 Å². The maximum absolute atomic E-state index is 2.61. The molecule has 4 heterocycles. The minimum atomic E-state index is 0.0383. The van der Waals surface area contributed by atoms with Gasteiger partial charge in [-0.05, 0) is 53.4 Å². The van der Waals surface area contributed by atoms with Crippen molar-refractivity contribution in [3.05, 3.63) is 146 Å². The molecule has 0 N–H and O–H groups in total. The van der Waals surface area contributed by atoms with E-state index in [1.807, 2.05) is 23.1 Å². The summed E-state index contributed by atoms with van der Waals surface area (Å²) in [4.78, 5) is 3.91. The third-order valence-electron chi connectivity index (χ3n) is 11.0. The van der Waals surface area contributed by atoms with E-state index in [0.29, 0.717) is 5.92 Å². The summed E-state index contributed by atoms with van der Waals surface area (Å²) in [7, 11) is 2.31. The molecule has 3 unspecified atom stereocenters. The molecule has 240 valence electrons. The molecule has 9 aromatic rings. The molecule has 1 aliphatic heterocycles. The van der Waals surface area contributed by atoms with Gasteiger partial charge in [0.05, 0.1) is 28.3 Å². The summed E-state index contributed by atoms with van der Waals surface area (Å²) >= 11 is 3.89. The first-order chi connectivity index (χ1) is 24.7. The van der Waals surface area contributed by atoms with Crippen LogP contribution in [0.1, 0.15) is 18.5 Å². The van der Waals surface area contributed by atoms with E-state index in [1.165, 1.54) is 85.5 Å². The van der Waals surface area contributed by atoms with Gasteiger partial charge in [0, 0.05) is 59.2 Å². The number of nitrogens with zero attached hydrogens (tertiary/aromatic N) is 3. The van der Waals surface area contributed by atoms with E-state index in [-0.39, 0.29) is 11.5 Å². The number of hydrogen-bond acceptors (Lipinski definition) is 3. The van der Waals surface area contributed by atoms with Crippen LogP contribution in [0, 0.1) is 5.92 Å². The fourth-order valence-electron chi connectivity index (χ4n) is 8.73. The first-order valence-electron chi connectivity index (χ1n) is 17.4. The van der Waals surface area contributed by atoms with Crippen LogP contribution >= 0.6 is 23.1 Å². The van der Waals surface area contributed by atoms with Crippen LogP contribution in [0.3, 0.4) is 0 Å². The number of rotatable bonds is 3. The average Bonchev–Trinajstić information content (AvgIpc) is 3.88. The van der Waals surface area contributed by atoms with Gasteiger partial charge in [-0.1, -0.05) is 128 Å². The second kappa shape index (κ2) is 10.6. The van der Waals surface area contributed by atoms with Crippen molar-refractivity contribution in [1.29, 1.82) is 0 Å². The van der Waals surface area contributed by atoms with Gasteiger partial charge >= 0.3 is 0 Å². The summed E-state index contributed by atoms with van der Waals surface area (Å²) in [6, 6.07) is 45.5. The molecule has 0 fully saturated rings. The molecule has 1 aliphatic carbocycles. The summed E-state index contributed by atoms with van der Waals surface area (Å²) < 4.78 is 7.87. The minimum absolute atomic E-state index is 0.0383. The Morgan fingerprint density at radius 2 is 1.18 bits per heavy atom. The lowest BCUT2D eigenvalue weighted by Crippen LogP contribution is -2.22. The molecule has 0 radical (unpaired) electrons. The molecule has 0 spiro atoms. The standard InChI is InChI=1S/C45H33N3S2/c1-27-14-6-10-20-35(27)47-36-21-11-7-17-29(36)33-25-39-34(24-38(33)47)30-18-8-12-22-37(30)48(39)45-46(2)43-42-31-19-9-13-23-40(31)49-41(42)26-32(44(43)50-45)28-15-4-3-5-16-28/h3-27,35,45H,1-2H3. The summed E-state index contributed by atoms with van der Waals surface area (Å²) in [5, 5.41) is 7.94. The normalized spacial score (nSPS) is 18.9. The lowest BCUT2D eigenvalue weighted by Gasteiger charge is -2.25. The van der Waals surface area contributed by atoms with Gasteiger partial charge in [0.2, 0.25) is 0 Å². The Kier molecular flexibility index (Phi) is 6.08. The Morgan fingerprint density at radius 3 is 1.92 bits per heavy atom. The Hall–Kier alpha value is -5.23. The molecule has 3 nitrogen and oxygen atoms in total. The molecule has 0 amide bonds. The molecule has 11 rings (SSSR count). The molecule has 50 heavy (non-hydrogen) atoms. The zero-order chi connectivity index (χ0) is 33.1. The van der Waals surface area contributed by atoms with Crippen molar-refractivity contribution in [1.82, 2.24) is 9.13 Å². The van der Waals surface area contributed by atoms with Gasteiger partial charge in [0.1, 0.15) is 0 Å². The van der Waals surface area contributed by atoms with Gasteiger partial charge in [-0.25, -0.2) is 0 Å². The monoisotopic (exact) mass is 679 g/mol. The van der Waals surface area contributed by atoms with Gasteiger partial charge in [-0.15, -0.1) is 11.3 Å². The van der Waals surface area contributed by atoms with Crippen LogP contribution in [-0.2, 0) is 0 Å². The molecule has 2 aliphatic rings. The first-order valence-corrected chi connectivity index (χ1v) is 19.1. The highest BCUT2D eigenvalue weighted by Gasteiger charge is 2.36. The molecule has 6 aromatic carbocycles. The van der Waals surface area contributed by atoms with Gasteiger partial charge < -0.3 is 14.0 Å². The summed E-state index contributed by atoms with van der Waals surface area (Å²) in [6.07, 6.45) is 9.09. The topological polar surface area (TPSA) is 13.1 Å². The number of anilines is 1. The molecule has 5 heteroatoms. The lowest BCUT2D eigenvalue weighted by molar-refractivity contribution is 0.510. The molecular formula is C45H33N3S2. The van der Waals surface area contributed by atoms with Crippen molar-refractivity contribution in [2.75, 3.05) is 11.9 Å². The quantitative estimate of drug-likeness (QED) is 0.184. The summed E-state index contributed by atoms with van der Waals surface area (Å²) in [6.45, 7) is 2.33. The van der Waals surface area contributed by atoms with Crippen molar-refractivity contribution >= 4 is 92.6 Å². The van der Waals surface area contributed by atoms with Crippen LogP contribution in [0.2, 0.25) is 0 Å². The number of thiophene rings is 1. The Bertz CT molecular complexity index is 2900. The highest BCUT2D eigenvalue weighted by Crippen LogP contribution is 2.59. The van der Waals surface area contributed by atoms with Crippen LogP contribution in [0.5, 0.6) is 0 Å². The summed E-state index contributed by atoms with van der Waals surface area (Å²) in [5.41, 5.74) is 9.09. The number of hydrogen-bond donors (Lipinski definition) is 0. The third kappa shape index (κ3) is 3.88. The second-order valence-electron chi connectivity index (χ2n) is 13.8. The lowest BCUT2D eigenvalue weighted by atomic mass is 9.96. The van der Waals surface area contributed by atoms with Crippen LogP contribution < -0.4 is 4.90 Å². The zero-order valence-electron chi connectivity index (χ0n) is 27.7. The van der Waals surface area contributed by atoms with Crippen LogP contribution in [0.25, 0.3) is 74.9 Å². The number of thioether (sulfide) groups is 1. The van der Waals surface area contributed by atoms with Crippen LogP contribution in [-0.4, -0.2) is 16.2 Å². The fourth-order valence-corrected chi connectivity index (χ4v) is 11.4. The largest absolute Gasteiger partial charge is 0.344 e. The van der Waals surface area contributed by atoms with E-state index in [9.17, 15) is 0 Å². The molecule has 0 saturated carbocycles. The number of allylic oxidation sites excluding steroid dienone is 4. The number of benzene rings is 6. The van der Waals surface area contributed by atoms with Crippen molar-refractivity contribution in [2.45, 2.75) is 23.4 Å². The van der Waals surface area contributed by atoms with Gasteiger partial charge in [-0.2, -0.15) is 0 Å². The molecule has 0 saturated heterocycles. The highest BCUT2D eigenvalue weighted by atomic mass is 32.2.